The molecule has 1 fully saturated rings. The van der Waals surface area contributed by atoms with E-state index in [9.17, 15) is 9.59 Å². The van der Waals surface area contributed by atoms with Crippen LogP contribution in [0.4, 0.5) is 11.4 Å². The Hall–Kier alpha value is -2.16. The minimum Gasteiger partial charge on any atom is -0.464 e. The van der Waals surface area contributed by atoms with Gasteiger partial charge in [0.25, 0.3) is 0 Å². The molecule has 0 aromatic heterocycles. The van der Waals surface area contributed by atoms with Gasteiger partial charge in [0, 0.05) is 10.7 Å². The van der Waals surface area contributed by atoms with E-state index in [2.05, 4.69) is 5.10 Å². The van der Waals surface area contributed by atoms with E-state index in [0.717, 1.165) is 5.69 Å². The van der Waals surface area contributed by atoms with Gasteiger partial charge in [-0.3, -0.25) is 9.69 Å². The van der Waals surface area contributed by atoms with Crippen LogP contribution in [0.25, 0.3) is 0 Å². The average Bonchev–Trinajstić information content (AvgIpc) is 3.23. The first-order valence-electron chi connectivity index (χ1n) is 7.99. The maximum Gasteiger partial charge on any atom is 0.365 e. The number of amides is 1. The lowest BCUT2D eigenvalue weighted by Gasteiger charge is -2.39. The number of carbonyl (C=O) groups is 2. The zero-order chi connectivity index (χ0) is 19.0. The van der Waals surface area contributed by atoms with Gasteiger partial charge >= 0.3 is 5.97 Å². The normalized spacial score (nSPS) is 21.7. The number of hydrogen-bond donors (Lipinski definition) is 0. The SMILES string of the molecule is COC(=O)C1=NN(c2ccc(Cl)cc2)[C@@]2(SCC(=O)N2c2ccccc2)S1. The molecule has 1 spiro atoms. The van der Waals surface area contributed by atoms with E-state index in [1.807, 2.05) is 30.3 Å². The topological polar surface area (TPSA) is 62.2 Å². The van der Waals surface area contributed by atoms with Crippen LogP contribution < -0.4 is 9.91 Å². The molecule has 1 saturated heterocycles. The van der Waals surface area contributed by atoms with E-state index in [0.29, 0.717) is 10.7 Å². The quantitative estimate of drug-likeness (QED) is 0.706. The fourth-order valence-corrected chi connectivity index (χ4v) is 5.77. The summed E-state index contributed by atoms with van der Waals surface area (Å²) in [5.74, 6) is -0.321. The molecule has 1 amide bonds. The molecule has 1 atom stereocenters. The molecule has 4 rings (SSSR count). The average molecular weight is 420 g/mol. The number of para-hydroxylation sites is 1. The summed E-state index contributed by atoms with van der Waals surface area (Å²) in [6, 6.07) is 16.5. The van der Waals surface area contributed by atoms with Crippen molar-refractivity contribution in [2.75, 3.05) is 22.8 Å². The second-order valence-corrected chi connectivity index (χ2v) is 8.69. The van der Waals surface area contributed by atoms with Crippen LogP contribution in [0.5, 0.6) is 0 Å². The van der Waals surface area contributed by atoms with Gasteiger partial charge in [-0.1, -0.05) is 41.6 Å². The smallest absolute Gasteiger partial charge is 0.365 e. The van der Waals surface area contributed by atoms with Gasteiger partial charge in [-0.05, 0) is 48.2 Å². The van der Waals surface area contributed by atoms with Crippen molar-refractivity contribution in [1.82, 2.24) is 0 Å². The second kappa shape index (κ2) is 7.10. The molecule has 0 saturated carbocycles. The molecule has 9 heteroatoms. The van der Waals surface area contributed by atoms with Crippen LogP contribution in [0.1, 0.15) is 0 Å². The number of esters is 1. The predicted molar refractivity (Wildman–Crippen MR) is 110 cm³/mol. The summed E-state index contributed by atoms with van der Waals surface area (Å²) in [6.07, 6.45) is 0. The van der Waals surface area contributed by atoms with Gasteiger partial charge in [-0.2, -0.15) is 5.10 Å². The number of thioether (sulfide) groups is 2. The molecule has 0 unspecified atom stereocenters. The minimum atomic E-state index is -0.949. The highest BCUT2D eigenvalue weighted by Crippen LogP contribution is 2.55. The Kier molecular flexibility index (Phi) is 4.79. The summed E-state index contributed by atoms with van der Waals surface area (Å²) in [4.78, 5) is 26.6. The predicted octanol–water partition coefficient (Wildman–Crippen LogP) is 3.77. The third kappa shape index (κ3) is 3.07. The van der Waals surface area contributed by atoms with E-state index in [4.69, 9.17) is 16.3 Å². The van der Waals surface area contributed by atoms with Crippen molar-refractivity contribution in [1.29, 1.82) is 0 Å². The molecule has 2 aliphatic heterocycles. The van der Waals surface area contributed by atoms with Gasteiger partial charge in [0.2, 0.25) is 15.3 Å². The van der Waals surface area contributed by atoms with Gasteiger partial charge in [0.15, 0.2) is 0 Å². The third-order valence-corrected chi connectivity index (χ3v) is 7.09. The van der Waals surface area contributed by atoms with Gasteiger partial charge in [-0.15, -0.1) is 0 Å². The number of carbonyl (C=O) groups excluding carboxylic acids is 2. The van der Waals surface area contributed by atoms with Crippen LogP contribution in [-0.4, -0.2) is 34.1 Å². The molecule has 27 heavy (non-hydrogen) atoms. The maximum atomic E-state index is 12.8. The van der Waals surface area contributed by atoms with Crippen molar-refractivity contribution >= 4 is 63.4 Å². The van der Waals surface area contributed by atoms with E-state index >= 15 is 0 Å². The number of hydrazone groups is 1. The van der Waals surface area contributed by atoms with Crippen LogP contribution in [0, 0.1) is 0 Å². The van der Waals surface area contributed by atoms with Crippen LogP contribution in [0.3, 0.4) is 0 Å². The molecular weight excluding hydrogens is 406 g/mol. The Morgan fingerprint density at radius 2 is 1.85 bits per heavy atom. The summed E-state index contributed by atoms with van der Waals surface area (Å²) >= 11 is 8.63. The first-order chi connectivity index (χ1) is 13.0. The Bertz CT molecular complexity index is 923. The first-order valence-corrected chi connectivity index (χ1v) is 10.2. The van der Waals surface area contributed by atoms with Gasteiger partial charge in [-0.25, -0.2) is 9.80 Å². The van der Waals surface area contributed by atoms with Crippen molar-refractivity contribution in [2.45, 2.75) is 4.33 Å². The fourth-order valence-electron chi connectivity index (χ4n) is 2.87. The number of anilines is 2. The Morgan fingerprint density at radius 3 is 2.52 bits per heavy atom. The van der Waals surface area contributed by atoms with E-state index < -0.39 is 10.3 Å². The first kappa shape index (κ1) is 18.2. The van der Waals surface area contributed by atoms with Gasteiger partial charge in [0.1, 0.15) is 0 Å². The fraction of sp³-hybridized carbons (Fsp3) is 0.167. The minimum absolute atomic E-state index is 0.0565. The highest BCUT2D eigenvalue weighted by atomic mass is 35.5. The molecule has 2 aliphatic rings. The van der Waals surface area contributed by atoms with Gasteiger partial charge < -0.3 is 4.74 Å². The highest BCUT2D eigenvalue weighted by Gasteiger charge is 2.58. The molecule has 6 nitrogen and oxygen atoms in total. The molecule has 0 bridgehead atoms. The van der Waals surface area contributed by atoms with Crippen molar-refractivity contribution in [3.05, 3.63) is 59.6 Å². The molecule has 2 aromatic carbocycles. The van der Waals surface area contributed by atoms with Crippen molar-refractivity contribution in [3.8, 4) is 0 Å². The van der Waals surface area contributed by atoms with Crippen LogP contribution in [-0.2, 0) is 14.3 Å². The second-order valence-electron chi connectivity index (χ2n) is 5.69. The van der Waals surface area contributed by atoms with E-state index in [1.165, 1.54) is 30.6 Å². The Balaban J connectivity index is 1.84. The number of nitrogens with zero attached hydrogens (tertiary/aromatic N) is 3. The number of hydrogen-bond acceptors (Lipinski definition) is 7. The van der Waals surface area contributed by atoms with Crippen molar-refractivity contribution in [2.24, 2.45) is 5.10 Å². The van der Waals surface area contributed by atoms with Crippen LogP contribution >= 0.6 is 35.1 Å². The van der Waals surface area contributed by atoms with Gasteiger partial charge in [0.05, 0.1) is 18.6 Å². The zero-order valence-electron chi connectivity index (χ0n) is 14.2. The lowest BCUT2D eigenvalue weighted by molar-refractivity contribution is -0.132. The summed E-state index contributed by atoms with van der Waals surface area (Å²) in [5.41, 5.74) is 1.45. The summed E-state index contributed by atoms with van der Waals surface area (Å²) in [5, 5.41) is 6.95. The number of rotatable bonds is 3. The summed E-state index contributed by atoms with van der Waals surface area (Å²) in [7, 11) is 1.31. The maximum absolute atomic E-state index is 12.8. The zero-order valence-corrected chi connectivity index (χ0v) is 16.6. The molecule has 2 aromatic rings. The van der Waals surface area contributed by atoms with Crippen LogP contribution in [0.2, 0.25) is 5.02 Å². The molecule has 0 radical (unpaired) electrons. The largest absolute Gasteiger partial charge is 0.464 e. The lowest BCUT2D eigenvalue weighted by atomic mass is 10.3. The summed E-state index contributed by atoms with van der Waals surface area (Å²) < 4.78 is 3.91. The highest BCUT2D eigenvalue weighted by molar-refractivity contribution is 8.28. The Labute approximate surface area is 169 Å². The van der Waals surface area contributed by atoms with Crippen molar-refractivity contribution in [3.63, 3.8) is 0 Å². The molecular formula is C18H14ClN3O3S2. The number of benzene rings is 2. The molecule has 0 N–H and O–H groups in total. The number of methoxy groups -OCH3 is 1. The number of ether oxygens (including phenoxy) is 1. The molecule has 0 aliphatic carbocycles. The molecule has 2 heterocycles. The monoisotopic (exact) mass is 419 g/mol. The summed E-state index contributed by atoms with van der Waals surface area (Å²) in [6.45, 7) is 0. The molecule has 138 valence electrons. The Morgan fingerprint density at radius 1 is 1.15 bits per heavy atom. The van der Waals surface area contributed by atoms with Crippen molar-refractivity contribution < 1.29 is 14.3 Å². The standard InChI is InChI=1S/C18H14ClN3O3S2/c1-25-17(24)16-20-22(14-9-7-12(19)8-10-14)18(27-16)21(15(23)11-26-18)13-5-3-2-4-6-13/h2-10H,11H2,1H3/t18-/m0/s1. The lowest BCUT2D eigenvalue weighted by Crippen LogP contribution is -2.51. The number of halogens is 1. The van der Waals surface area contributed by atoms with Crippen LogP contribution in [0.15, 0.2) is 59.7 Å². The van der Waals surface area contributed by atoms with E-state index in [-0.39, 0.29) is 16.7 Å². The van der Waals surface area contributed by atoms with E-state index in [1.54, 1.807) is 34.2 Å². The third-order valence-electron chi connectivity index (χ3n) is 4.05.